The van der Waals surface area contributed by atoms with E-state index in [-0.39, 0.29) is 30.3 Å². The molecule has 0 aliphatic rings. The lowest BCUT2D eigenvalue weighted by Crippen LogP contribution is -2.13. The van der Waals surface area contributed by atoms with E-state index in [9.17, 15) is 9.59 Å². The van der Waals surface area contributed by atoms with Gasteiger partial charge in [0.1, 0.15) is 5.15 Å². The number of hydrogen-bond acceptors (Lipinski definition) is 3. The number of rotatable bonds is 8. The van der Waals surface area contributed by atoms with Crippen LogP contribution in [0.1, 0.15) is 50.7 Å². The fraction of sp³-hybridized carbons (Fsp3) is 0.148. The lowest BCUT2D eigenvalue weighted by atomic mass is 9.86. The first kappa shape index (κ1) is 21.7. The van der Waals surface area contributed by atoms with Crippen molar-refractivity contribution in [3.05, 3.63) is 119 Å². The first-order valence-electron chi connectivity index (χ1n) is 10.5. The molecule has 0 saturated heterocycles. The maximum atomic E-state index is 13.1. The minimum Gasteiger partial charge on any atom is -0.294 e. The number of carbonyl (C=O) groups excluding carboxylic acids is 2. The minimum atomic E-state index is -0.389. The van der Waals surface area contributed by atoms with Gasteiger partial charge in [0.05, 0.1) is 11.4 Å². The van der Waals surface area contributed by atoms with Gasteiger partial charge in [-0.2, -0.15) is 5.10 Å². The number of halogens is 1. The molecule has 1 heterocycles. The van der Waals surface area contributed by atoms with Gasteiger partial charge in [-0.15, -0.1) is 0 Å². The van der Waals surface area contributed by atoms with E-state index >= 15 is 0 Å². The van der Waals surface area contributed by atoms with Gasteiger partial charge in [-0.05, 0) is 19.1 Å². The predicted octanol–water partition coefficient (Wildman–Crippen LogP) is 6.46. The van der Waals surface area contributed by atoms with Crippen molar-refractivity contribution in [1.82, 2.24) is 9.78 Å². The average molecular weight is 443 g/mol. The Balaban J connectivity index is 1.71. The van der Waals surface area contributed by atoms with Crippen molar-refractivity contribution in [3.63, 3.8) is 0 Å². The van der Waals surface area contributed by atoms with Crippen LogP contribution in [0.15, 0.2) is 91.0 Å². The van der Waals surface area contributed by atoms with Crippen molar-refractivity contribution >= 4 is 23.2 Å². The van der Waals surface area contributed by atoms with E-state index in [1.165, 1.54) is 0 Å². The highest BCUT2D eigenvalue weighted by Crippen LogP contribution is 2.35. The van der Waals surface area contributed by atoms with Crippen LogP contribution < -0.4 is 0 Å². The zero-order valence-corrected chi connectivity index (χ0v) is 18.5. The third-order valence-corrected chi connectivity index (χ3v) is 5.88. The third kappa shape index (κ3) is 4.71. The zero-order valence-electron chi connectivity index (χ0n) is 17.7. The summed E-state index contributed by atoms with van der Waals surface area (Å²) in [6.07, 6.45) is 0.341. The van der Waals surface area contributed by atoms with Crippen LogP contribution in [0.5, 0.6) is 0 Å². The molecule has 4 nitrogen and oxygen atoms in total. The van der Waals surface area contributed by atoms with Gasteiger partial charge in [0.15, 0.2) is 11.6 Å². The quantitative estimate of drug-likeness (QED) is 0.294. The smallest absolute Gasteiger partial charge is 0.163 e. The Morgan fingerprint density at radius 2 is 1.22 bits per heavy atom. The van der Waals surface area contributed by atoms with E-state index in [0.29, 0.717) is 22.0 Å². The monoisotopic (exact) mass is 442 g/mol. The fourth-order valence-corrected chi connectivity index (χ4v) is 4.35. The molecular weight excluding hydrogens is 420 g/mol. The lowest BCUT2D eigenvalue weighted by molar-refractivity contribution is 0.0944. The Morgan fingerprint density at radius 3 is 1.69 bits per heavy atom. The molecule has 4 aromatic rings. The highest BCUT2D eigenvalue weighted by molar-refractivity contribution is 6.30. The average Bonchev–Trinajstić information content (AvgIpc) is 3.14. The van der Waals surface area contributed by atoms with Gasteiger partial charge in [-0.1, -0.05) is 90.5 Å². The van der Waals surface area contributed by atoms with Crippen molar-refractivity contribution in [2.24, 2.45) is 0 Å². The SMILES string of the molecule is Cc1nn(-c2ccccc2)c(Cl)c1C(CC(=O)c1ccccc1)CC(=O)c1ccccc1. The molecule has 0 unspecified atom stereocenters. The molecule has 0 saturated carbocycles. The van der Waals surface area contributed by atoms with Gasteiger partial charge in [-0.3, -0.25) is 9.59 Å². The van der Waals surface area contributed by atoms with Crippen LogP contribution in [0.3, 0.4) is 0 Å². The first-order valence-corrected chi connectivity index (χ1v) is 10.9. The fourth-order valence-electron chi connectivity index (χ4n) is 3.92. The molecule has 0 spiro atoms. The summed E-state index contributed by atoms with van der Waals surface area (Å²) >= 11 is 6.80. The number of nitrogens with zero attached hydrogens (tertiary/aromatic N) is 2. The van der Waals surface area contributed by atoms with Crippen molar-refractivity contribution in [1.29, 1.82) is 0 Å². The zero-order chi connectivity index (χ0) is 22.5. The number of benzene rings is 3. The summed E-state index contributed by atoms with van der Waals surface area (Å²) in [4.78, 5) is 26.1. The van der Waals surface area contributed by atoms with Gasteiger partial charge in [0.2, 0.25) is 0 Å². The Morgan fingerprint density at radius 1 is 0.781 bits per heavy atom. The molecule has 0 radical (unpaired) electrons. The molecule has 0 aliphatic carbocycles. The van der Waals surface area contributed by atoms with Crippen LogP contribution in [0.2, 0.25) is 5.15 Å². The second-order valence-electron chi connectivity index (χ2n) is 7.72. The largest absolute Gasteiger partial charge is 0.294 e. The molecule has 3 aromatic carbocycles. The second kappa shape index (κ2) is 9.75. The molecule has 0 bridgehead atoms. The Labute approximate surface area is 192 Å². The van der Waals surface area contributed by atoms with E-state index in [1.54, 1.807) is 28.9 Å². The second-order valence-corrected chi connectivity index (χ2v) is 8.08. The number of aryl methyl sites for hydroxylation is 1. The molecule has 0 fully saturated rings. The molecule has 0 aliphatic heterocycles. The van der Waals surface area contributed by atoms with Crippen LogP contribution in [0, 0.1) is 6.92 Å². The van der Waals surface area contributed by atoms with Crippen LogP contribution in [-0.2, 0) is 0 Å². The maximum Gasteiger partial charge on any atom is 0.163 e. The third-order valence-electron chi connectivity index (χ3n) is 5.51. The summed E-state index contributed by atoms with van der Waals surface area (Å²) in [5, 5.41) is 5.05. The van der Waals surface area contributed by atoms with E-state index < -0.39 is 0 Å². The minimum absolute atomic E-state index is 0.0283. The Hall–Kier alpha value is -3.50. The Kier molecular flexibility index (Phi) is 6.62. The molecule has 0 atom stereocenters. The number of ketones is 2. The van der Waals surface area contributed by atoms with Gasteiger partial charge in [-0.25, -0.2) is 4.68 Å². The Bertz CT molecular complexity index is 1170. The molecule has 32 heavy (non-hydrogen) atoms. The molecule has 0 amide bonds. The lowest BCUT2D eigenvalue weighted by Gasteiger charge is -2.16. The molecular formula is C27H23ClN2O2. The highest BCUT2D eigenvalue weighted by Gasteiger charge is 2.28. The number of aromatic nitrogens is 2. The standard InChI is InChI=1S/C27H23ClN2O2/c1-19-26(27(28)30(29-19)23-15-9-4-10-16-23)22(17-24(31)20-11-5-2-6-12-20)18-25(32)21-13-7-3-8-14-21/h2-16,22H,17-18H2,1H3. The van der Waals surface area contributed by atoms with Crippen LogP contribution in [-0.4, -0.2) is 21.3 Å². The number of carbonyl (C=O) groups is 2. The number of hydrogen-bond donors (Lipinski definition) is 0. The van der Waals surface area contributed by atoms with Crippen molar-refractivity contribution in [3.8, 4) is 5.69 Å². The van der Waals surface area contributed by atoms with E-state index in [2.05, 4.69) is 5.10 Å². The molecule has 0 N–H and O–H groups in total. The summed E-state index contributed by atoms with van der Waals surface area (Å²) in [5.41, 5.74) is 3.52. The summed E-state index contributed by atoms with van der Waals surface area (Å²) in [6.45, 7) is 1.87. The highest BCUT2D eigenvalue weighted by atomic mass is 35.5. The molecule has 5 heteroatoms. The van der Waals surface area contributed by atoms with Gasteiger partial charge >= 0.3 is 0 Å². The summed E-state index contributed by atoms with van der Waals surface area (Å²) in [6, 6.07) is 27.8. The molecule has 160 valence electrons. The molecule has 4 rings (SSSR count). The summed E-state index contributed by atoms with van der Waals surface area (Å²) in [5.74, 6) is -0.445. The van der Waals surface area contributed by atoms with Gasteiger partial charge in [0, 0.05) is 35.4 Å². The van der Waals surface area contributed by atoms with Gasteiger partial charge in [0.25, 0.3) is 0 Å². The van der Waals surface area contributed by atoms with E-state index in [1.807, 2.05) is 73.7 Å². The normalized spacial score (nSPS) is 11.0. The topological polar surface area (TPSA) is 52.0 Å². The van der Waals surface area contributed by atoms with Crippen molar-refractivity contribution < 1.29 is 9.59 Å². The van der Waals surface area contributed by atoms with Gasteiger partial charge < -0.3 is 0 Å². The van der Waals surface area contributed by atoms with Crippen molar-refractivity contribution in [2.75, 3.05) is 0 Å². The van der Waals surface area contributed by atoms with E-state index in [4.69, 9.17) is 11.6 Å². The first-order chi connectivity index (χ1) is 15.5. The maximum absolute atomic E-state index is 13.1. The van der Waals surface area contributed by atoms with E-state index in [0.717, 1.165) is 11.3 Å². The summed E-state index contributed by atoms with van der Waals surface area (Å²) in [7, 11) is 0. The van der Waals surface area contributed by atoms with Crippen LogP contribution in [0.25, 0.3) is 5.69 Å². The number of Topliss-reactive ketones (excluding diaryl/α,β-unsaturated/α-hetero) is 2. The van der Waals surface area contributed by atoms with Crippen LogP contribution >= 0.6 is 11.6 Å². The predicted molar refractivity (Wildman–Crippen MR) is 127 cm³/mol. The van der Waals surface area contributed by atoms with Crippen LogP contribution in [0.4, 0.5) is 0 Å². The summed E-state index contributed by atoms with van der Waals surface area (Å²) < 4.78 is 1.67. The molecule has 1 aromatic heterocycles. The number of para-hydroxylation sites is 1. The van der Waals surface area contributed by atoms with Crippen molar-refractivity contribution in [2.45, 2.75) is 25.7 Å².